The summed E-state index contributed by atoms with van der Waals surface area (Å²) in [4.78, 5) is 22.2. The zero-order chi connectivity index (χ0) is 10.8. The average Bonchev–Trinajstić information content (AvgIpc) is 2.20. The van der Waals surface area contributed by atoms with E-state index in [1.807, 2.05) is 0 Å². The molecule has 0 saturated carbocycles. The summed E-state index contributed by atoms with van der Waals surface area (Å²) in [6.45, 7) is 0.985. The third-order valence-corrected chi connectivity index (χ3v) is 3.23. The van der Waals surface area contributed by atoms with E-state index in [2.05, 4.69) is 0 Å². The summed E-state index contributed by atoms with van der Waals surface area (Å²) in [7, 11) is 0. The maximum Gasteiger partial charge on any atom is 0.189 e. The van der Waals surface area contributed by atoms with Crippen LogP contribution in [0.15, 0.2) is 0 Å². The van der Waals surface area contributed by atoms with Gasteiger partial charge in [0.25, 0.3) is 0 Å². The molecule has 0 unspecified atom stereocenters. The van der Waals surface area contributed by atoms with Crippen LogP contribution in [0.25, 0.3) is 0 Å². The molecule has 4 nitrogen and oxygen atoms in total. The minimum Gasteiger partial charge on any atom is -0.330 e. The molecule has 0 aromatic carbocycles. The van der Waals surface area contributed by atoms with Crippen molar-refractivity contribution < 1.29 is 9.59 Å². The zero-order valence-electron chi connectivity index (χ0n) is 8.03. The highest BCUT2D eigenvalue weighted by Gasteiger charge is 2.07. The van der Waals surface area contributed by atoms with Gasteiger partial charge in [-0.25, -0.2) is 0 Å². The number of hydrogen-bond donors (Lipinski definition) is 2. The van der Waals surface area contributed by atoms with Crippen molar-refractivity contribution in [1.82, 2.24) is 0 Å². The van der Waals surface area contributed by atoms with E-state index < -0.39 is 0 Å². The molecule has 0 saturated heterocycles. The van der Waals surface area contributed by atoms with Gasteiger partial charge in [-0.3, -0.25) is 9.59 Å². The number of hydrogen-bond acceptors (Lipinski definition) is 6. The van der Waals surface area contributed by atoms with E-state index >= 15 is 0 Å². The monoisotopic (exact) mass is 236 g/mol. The molecule has 82 valence electrons. The van der Waals surface area contributed by atoms with E-state index in [0.717, 1.165) is 0 Å². The van der Waals surface area contributed by atoms with Gasteiger partial charge in [-0.2, -0.15) is 0 Å². The first-order valence-corrected chi connectivity index (χ1v) is 6.39. The predicted molar refractivity (Wildman–Crippen MR) is 62.3 cm³/mol. The number of rotatable bonds is 7. The van der Waals surface area contributed by atoms with Crippen LogP contribution in [0.4, 0.5) is 0 Å². The lowest BCUT2D eigenvalue weighted by Crippen LogP contribution is -2.07. The van der Waals surface area contributed by atoms with Crippen LogP contribution >= 0.6 is 23.5 Å². The molecule has 6 heteroatoms. The molecule has 4 N–H and O–H groups in total. The molecular formula is C8H16N2O2S2. The van der Waals surface area contributed by atoms with Gasteiger partial charge in [-0.05, 0) is 0 Å². The van der Waals surface area contributed by atoms with Gasteiger partial charge >= 0.3 is 0 Å². The SMILES string of the molecule is NCCSC(=O)CCC(=O)SCCN. The molecule has 0 aliphatic carbocycles. The normalized spacial score (nSPS) is 10.1. The average molecular weight is 236 g/mol. The molecular weight excluding hydrogens is 220 g/mol. The quantitative estimate of drug-likeness (QED) is 0.657. The van der Waals surface area contributed by atoms with E-state index in [1.54, 1.807) is 0 Å². The molecule has 0 spiro atoms. The van der Waals surface area contributed by atoms with Gasteiger partial charge in [-0.1, -0.05) is 23.5 Å². The summed E-state index contributed by atoms with van der Waals surface area (Å²) < 4.78 is 0. The minimum absolute atomic E-state index is 0.0390. The van der Waals surface area contributed by atoms with Crippen LogP contribution in [0.1, 0.15) is 12.8 Å². The van der Waals surface area contributed by atoms with E-state index in [1.165, 1.54) is 23.5 Å². The summed E-state index contributed by atoms with van der Waals surface area (Å²) in [5, 5.41) is 0.0781. The molecule has 0 aliphatic rings. The van der Waals surface area contributed by atoms with Gasteiger partial charge in [0.05, 0.1) is 0 Å². The molecule has 0 atom stereocenters. The van der Waals surface area contributed by atoms with Gasteiger partial charge in [0.2, 0.25) is 0 Å². The molecule has 0 aliphatic heterocycles. The number of thioether (sulfide) groups is 2. The van der Waals surface area contributed by atoms with Crippen LogP contribution in [-0.4, -0.2) is 34.8 Å². The first-order valence-electron chi connectivity index (χ1n) is 4.42. The van der Waals surface area contributed by atoms with Gasteiger partial charge < -0.3 is 11.5 Å². The topological polar surface area (TPSA) is 86.2 Å². The molecule has 0 heterocycles. The second-order valence-corrected chi connectivity index (χ2v) is 4.82. The van der Waals surface area contributed by atoms with Crippen molar-refractivity contribution in [3.8, 4) is 0 Å². The summed E-state index contributed by atoms with van der Waals surface area (Å²) in [5.41, 5.74) is 10.5. The van der Waals surface area contributed by atoms with Crippen molar-refractivity contribution >= 4 is 33.8 Å². The lowest BCUT2D eigenvalue weighted by molar-refractivity contribution is -0.115. The Bertz CT molecular complexity index is 168. The Morgan fingerprint density at radius 1 is 0.857 bits per heavy atom. The van der Waals surface area contributed by atoms with E-state index in [4.69, 9.17) is 11.5 Å². The fraction of sp³-hybridized carbons (Fsp3) is 0.750. The van der Waals surface area contributed by atoms with E-state index in [-0.39, 0.29) is 10.2 Å². The molecule has 0 fully saturated rings. The minimum atomic E-state index is 0.0390. The molecule has 0 rings (SSSR count). The van der Waals surface area contributed by atoms with Crippen molar-refractivity contribution in [2.75, 3.05) is 24.6 Å². The highest BCUT2D eigenvalue weighted by molar-refractivity contribution is 8.14. The van der Waals surface area contributed by atoms with Gasteiger partial charge in [0.1, 0.15) is 0 Å². The van der Waals surface area contributed by atoms with Gasteiger partial charge in [0, 0.05) is 37.4 Å². The van der Waals surface area contributed by atoms with E-state index in [0.29, 0.717) is 37.4 Å². The summed E-state index contributed by atoms with van der Waals surface area (Å²) in [5.74, 6) is 1.26. The Morgan fingerprint density at radius 3 is 1.50 bits per heavy atom. The van der Waals surface area contributed by atoms with E-state index in [9.17, 15) is 9.59 Å². The lowest BCUT2D eigenvalue weighted by Gasteiger charge is -1.99. The van der Waals surface area contributed by atoms with Crippen molar-refractivity contribution in [2.45, 2.75) is 12.8 Å². The summed E-state index contributed by atoms with van der Waals surface area (Å²) in [6.07, 6.45) is 0.613. The third kappa shape index (κ3) is 8.55. The van der Waals surface area contributed by atoms with Gasteiger partial charge in [-0.15, -0.1) is 0 Å². The Hall–Kier alpha value is -0.0400. The van der Waals surface area contributed by atoms with Crippen LogP contribution in [0.3, 0.4) is 0 Å². The lowest BCUT2D eigenvalue weighted by atomic mass is 10.4. The molecule has 14 heavy (non-hydrogen) atoms. The smallest absolute Gasteiger partial charge is 0.189 e. The van der Waals surface area contributed by atoms with Crippen LogP contribution < -0.4 is 11.5 Å². The maximum atomic E-state index is 11.1. The van der Waals surface area contributed by atoms with Crippen molar-refractivity contribution in [2.24, 2.45) is 11.5 Å². The second kappa shape index (κ2) is 9.51. The van der Waals surface area contributed by atoms with Crippen LogP contribution in [0.2, 0.25) is 0 Å². The Morgan fingerprint density at radius 2 is 1.21 bits per heavy atom. The standard InChI is InChI=1S/C8H16N2O2S2/c9-3-5-13-7(11)1-2-8(12)14-6-4-10/h1-6,9-10H2. The third-order valence-electron chi connectivity index (χ3n) is 1.30. The fourth-order valence-corrected chi connectivity index (χ4v) is 1.88. The largest absolute Gasteiger partial charge is 0.330 e. The zero-order valence-corrected chi connectivity index (χ0v) is 9.66. The second-order valence-electron chi connectivity index (χ2n) is 2.52. The molecule has 0 amide bonds. The first kappa shape index (κ1) is 14.0. The van der Waals surface area contributed by atoms with Crippen molar-refractivity contribution in [3.63, 3.8) is 0 Å². The summed E-state index contributed by atoms with van der Waals surface area (Å²) >= 11 is 2.38. The Labute approximate surface area is 92.5 Å². The molecule has 0 radical (unpaired) electrons. The number of carbonyl (C=O) groups excluding carboxylic acids is 2. The highest BCUT2D eigenvalue weighted by atomic mass is 32.2. The molecule has 0 aromatic heterocycles. The predicted octanol–water partition coefficient (Wildman–Crippen LogP) is 0.204. The number of nitrogens with two attached hydrogens (primary N) is 2. The maximum absolute atomic E-state index is 11.1. The first-order chi connectivity index (χ1) is 6.70. The van der Waals surface area contributed by atoms with Crippen LogP contribution in [0, 0.1) is 0 Å². The Kier molecular flexibility index (Phi) is 9.49. The highest BCUT2D eigenvalue weighted by Crippen LogP contribution is 2.11. The fourth-order valence-electron chi connectivity index (χ4n) is 0.694. The van der Waals surface area contributed by atoms with Crippen molar-refractivity contribution in [1.29, 1.82) is 0 Å². The number of carbonyl (C=O) groups is 2. The van der Waals surface area contributed by atoms with Crippen LogP contribution in [0.5, 0.6) is 0 Å². The Balaban J connectivity index is 3.41. The molecule has 0 bridgehead atoms. The van der Waals surface area contributed by atoms with Crippen LogP contribution in [-0.2, 0) is 9.59 Å². The molecule has 0 aromatic rings. The summed E-state index contributed by atoms with van der Waals surface area (Å²) in [6, 6.07) is 0. The van der Waals surface area contributed by atoms with Gasteiger partial charge in [0.15, 0.2) is 10.2 Å². The van der Waals surface area contributed by atoms with Crippen molar-refractivity contribution in [3.05, 3.63) is 0 Å².